The maximum atomic E-state index is 2.35. The average molecular weight is 218 g/mol. The second-order valence-electron chi connectivity index (χ2n) is 6.85. The van der Waals surface area contributed by atoms with Crippen molar-refractivity contribution in [2.24, 2.45) is 16.7 Å². The zero-order valence-corrected chi connectivity index (χ0v) is 11.7. The summed E-state index contributed by atoms with van der Waals surface area (Å²) < 4.78 is 0. The minimum Gasteiger partial charge on any atom is -0.0779 e. The lowest BCUT2D eigenvalue weighted by molar-refractivity contribution is 0.253. The van der Waals surface area contributed by atoms with Crippen LogP contribution in [0.2, 0.25) is 0 Å². The number of hydrogen-bond donors (Lipinski definition) is 0. The van der Waals surface area contributed by atoms with Crippen molar-refractivity contribution in [3.05, 3.63) is 36.0 Å². The summed E-state index contributed by atoms with van der Waals surface area (Å²) in [5.74, 6) is 0.555. The maximum absolute atomic E-state index is 2.35. The summed E-state index contributed by atoms with van der Waals surface area (Å²) in [7, 11) is 0. The Morgan fingerprint density at radius 1 is 1.06 bits per heavy atom. The van der Waals surface area contributed by atoms with Gasteiger partial charge in [0.15, 0.2) is 0 Å². The van der Waals surface area contributed by atoms with Gasteiger partial charge in [0.1, 0.15) is 0 Å². The highest BCUT2D eigenvalue weighted by molar-refractivity contribution is 5.33. The first kappa shape index (κ1) is 13.3. The molecule has 1 atom stereocenters. The Labute approximate surface area is 101 Å². The fraction of sp³-hybridized carbons (Fsp3) is 0.625. The second-order valence-corrected chi connectivity index (χ2v) is 6.85. The van der Waals surface area contributed by atoms with Crippen LogP contribution in [0.1, 0.15) is 48.0 Å². The van der Waals surface area contributed by atoms with Gasteiger partial charge in [0.05, 0.1) is 0 Å². The van der Waals surface area contributed by atoms with E-state index in [9.17, 15) is 0 Å². The molecule has 0 radical (unpaired) electrons. The van der Waals surface area contributed by atoms with Gasteiger partial charge >= 0.3 is 0 Å². The lowest BCUT2D eigenvalue weighted by Crippen LogP contribution is -2.22. The van der Waals surface area contributed by atoms with Gasteiger partial charge in [-0.05, 0) is 28.7 Å². The van der Waals surface area contributed by atoms with Crippen molar-refractivity contribution in [1.82, 2.24) is 0 Å². The molecule has 0 heteroatoms. The molecule has 0 aromatic rings. The van der Waals surface area contributed by atoms with Crippen LogP contribution in [0, 0.1) is 16.7 Å². The molecule has 0 spiro atoms. The molecule has 0 heterocycles. The maximum Gasteiger partial charge on any atom is -0.00755 e. The van der Waals surface area contributed by atoms with E-state index in [1.54, 1.807) is 0 Å². The predicted octanol–water partition coefficient (Wildman–Crippen LogP) is 5.14. The highest BCUT2D eigenvalue weighted by Crippen LogP contribution is 2.39. The van der Waals surface area contributed by atoms with E-state index in [-0.39, 0.29) is 5.41 Å². The van der Waals surface area contributed by atoms with Gasteiger partial charge in [-0.15, -0.1) is 0 Å². The number of allylic oxidation sites excluding steroid dienone is 6. The predicted molar refractivity (Wildman–Crippen MR) is 73.4 cm³/mol. The Hall–Kier alpha value is -0.780. The lowest BCUT2D eigenvalue weighted by Gasteiger charge is -2.33. The molecule has 1 unspecified atom stereocenters. The molecular weight excluding hydrogens is 192 g/mol. The van der Waals surface area contributed by atoms with Crippen LogP contribution in [0.15, 0.2) is 36.0 Å². The minimum atomic E-state index is 0.253. The van der Waals surface area contributed by atoms with Crippen LogP contribution in [0.25, 0.3) is 0 Å². The van der Waals surface area contributed by atoms with Gasteiger partial charge in [-0.25, -0.2) is 0 Å². The molecule has 16 heavy (non-hydrogen) atoms. The summed E-state index contributed by atoms with van der Waals surface area (Å²) in [4.78, 5) is 0. The highest BCUT2D eigenvalue weighted by Gasteiger charge is 2.27. The molecule has 0 saturated heterocycles. The van der Waals surface area contributed by atoms with E-state index >= 15 is 0 Å². The standard InChI is InChI=1S/C16H26/c1-13-8-7-9-14(11-10-13)16(5,6)12-15(2,3)4/h7-11,13H,12H2,1-6H3. The normalized spacial score (nSPS) is 21.9. The molecule has 0 saturated carbocycles. The monoisotopic (exact) mass is 218 g/mol. The van der Waals surface area contributed by atoms with Crippen LogP contribution in [-0.2, 0) is 0 Å². The minimum absolute atomic E-state index is 0.253. The van der Waals surface area contributed by atoms with Crippen LogP contribution in [0.4, 0.5) is 0 Å². The second kappa shape index (κ2) is 4.61. The van der Waals surface area contributed by atoms with Crippen LogP contribution in [0.5, 0.6) is 0 Å². The first-order valence-corrected chi connectivity index (χ1v) is 6.28. The van der Waals surface area contributed by atoms with E-state index in [0.717, 1.165) is 0 Å². The van der Waals surface area contributed by atoms with Gasteiger partial charge in [0.2, 0.25) is 0 Å². The van der Waals surface area contributed by atoms with E-state index < -0.39 is 0 Å². The fourth-order valence-electron chi connectivity index (χ4n) is 2.59. The van der Waals surface area contributed by atoms with Crippen molar-refractivity contribution in [2.45, 2.75) is 48.0 Å². The molecule has 90 valence electrons. The summed E-state index contributed by atoms with van der Waals surface area (Å²) in [5.41, 5.74) is 2.08. The van der Waals surface area contributed by atoms with E-state index in [2.05, 4.69) is 71.9 Å². The Balaban J connectivity index is 2.88. The van der Waals surface area contributed by atoms with Crippen LogP contribution in [-0.4, -0.2) is 0 Å². The molecule has 1 rings (SSSR count). The van der Waals surface area contributed by atoms with E-state index in [1.807, 2.05) is 0 Å². The quantitative estimate of drug-likeness (QED) is 0.602. The molecule has 0 fully saturated rings. The van der Waals surface area contributed by atoms with Gasteiger partial charge in [-0.3, -0.25) is 0 Å². The van der Waals surface area contributed by atoms with Crippen molar-refractivity contribution in [3.63, 3.8) is 0 Å². The third-order valence-corrected chi connectivity index (χ3v) is 3.02. The lowest BCUT2D eigenvalue weighted by atomic mass is 9.71. The SMILES string of the molecule is CC1C=CC=C(C(C)(C)CC(C)(C)C)C=C1. The third-order valence-electron chi connectivity index (χ3n) is 3.02. The Morgan fingerprint density at radius 2 is 1.69 bits per heavy atom. The molecule has 0 bridgehead atoms. The van der Waals surface area contributed by atoms with Gasteiger partial charge in [0, 0.05) is 0 Å². The zero-order valence-electron chi connectivity index (χ0n) is 11.7. The highest BCUT2D eigenvalue weighted by atomic mass is 14.3. The molecule has 0 amide bonds. The van der Waals surface area contributed by atoms with Crippen molar-refractivity contribution >= 4 is 0 Å². The van der Waals surface area contributed by atoms with Crippen molar-refractivity contribution in [1.29, 1.82) is 0 Å². The Morgan fingerprint density at radius 3 is 2.25 bits per heavy atom. The van der Waals surface area contributed by atoms with Crippen LogP contribution < -0.4 is 0 Å². The first-order valence-electron chi connectivity index (χ1n) is 6.28. The molecule has 0 aromatic carbocycles. The molecule has 1 aliphatic rings. The molecule has 0 aliphatic heterocycles. The van der Waals surface area contributed by atoms with Gasteiger partial charge in [-0.1, -0.05) is 71.9 Å². The van der Waals surface area contributed by atoms with Crippen molar-refractivity contribution in [3.8, 4) is 0 Å². The average Bonchev–Trinajstić information content (AvgIpc) is 2.25. The third kappa shape index (κ3) is 4.00. The summed E-state index contributed by atoms with van der Waals surface area (Å²) >= 11 is 0. The summed E-state index contributed by atoms with van der Waals surface area (Å²) in [6, 6.07) is 0. The smallest absolute Gasteiger partial charge is 0.00755 e. The topological polar surface area (TPSA) is 0 Å². The largest absolute Gasteiger partial charge is 0.0779 e. The number of hydrogen-bond acceptors (Lipinski definition) is 0. The molecule has 0 nitrogen and oxygen atoms in total. The van der Waals surface area contributed by atoms with E-state index in [4.69, 9.17) is 0 Å². The van der Waals surface area contributed by atoms with Gasteiger partial charge in [-0.2, -0.15) is 0 Å². The molecular formula is C16H26. The summed E-state index contributed by atoms with van der Waals surface area (Å²) in [5, 5.41) is 0. The van der Waals surface area contributed by atoms with Crippen LogP contribution in [0.3, 0.4) is 0 Å². The molecule has 0 N–H and O–H groups in total. The van der Waals surface area contributed by atoms with Gasteiger partial charge < -0.3 is 0 Å². The Kier molecular flexibility index (Phi) is 3.83. The summed E-state index contributed by atoms with van der Waals surface area (Å²) in [6.07, 6.45) is 12.5. The molecule has 1 aliphatic carbocycles. The first-order chi connectivity index (χ1) is 7.21. The van der Waals surface area contributed by atoms with Gasteiger partial charge in [0.25, 0.3) is 0 Å². The molecule has 0 aromatic heterocycles. The van der Waals surface area contributed by atoms with Crippen LogP contribution >= 0.6 is 0 Å². The Bertz CT molecular complexity index is 318. The van der Waals surface area contributed by atoms with Crippen molar-refractivity contribution < 1.29 is 0 Å². The fourth-order valence-corrected chi connectivity index (χ4v) is 2.59. The van der Waals surface area contributed by atoms with Crippen molar-refractivity contribution in [2.75, 3.05) is 0 Å². The summed E-state index contributed by atoms with van der Waals surface area (Å²) in [6.45, 7) is 13.9. The zero-order chi connectivity index (χ0) is 12.4. The van der Waals surface area contributed by atoms with E-state index in [0.29, 0.717) is 11.3 Å². The van der Waals surface area contributed by atoms with E-state index in [1.165, 1.54) is 12.0 Å². The number of rotatable bonds is 2.